The number of amides is 1. The molecule has 0 saturated heterocycles. The van der Waals surface area contributed by atoms with Gasteiger partial charge < -0.3 is 9.15 Å². The van der Waals surface area contributed by atoms with Gasteiger partial charge in [0.1, 0.15) is 5.75 Å². The van der Waals surface area contributed by atoms with Crippen LogP contribution in [0.15, 0.2) is 57.8 Å². The quantitative estimate of drug-likeness (QED) is 0.584. The van der Waals surface area contributed by atoms with Crippen LogP contribution in [0.3, 0.4) is 0 Å². The van der Waals surface area contributed by atoms with Gasteiger partial charge in [0.25, 0.3) is 11.8 Å². The highest BCUT2D eigenvalue weighted by Gasteiger charge is 2.22. The maximum Gasteiger partial charge on any atom is 0.322 e. The Morgan fingerprint density at radius 2 is 1.73 bits per heavy atom. The largest absolute Gasteiger partial charge is 0.496 e. The molecule has 1 heterocycles. The molecular formula is C20H22N4O5S. The molecule has 0 aliphatic heterocycles. The Hall–Kier alpha value is -3.24. The van der Waals surface area contributed by atoms with Crippen LogP contribution in [0.2, 0.25) is 0 Å². The van der Waals surface area contributed by atoms with Gasteiger partial charge in [-0.25, -0.2) is 8.42 Å². The first-order chi connectivity index (χ1) is 14.4. The summed E-state index contributed by atoms with van der Waals surface area (Å²) in [4.78, 5) is 12.6. The second-order valence-corrected chi connectivity index (χ2v) is 8.12. The van der Waals surface area contributed by atoms with Gasteiger partial charge in [0, 0.05) is 18.7 Å². The van der Waals surface area contributed by atoms with Crippen LogP contribution < -0.4 is 10.1 Å². The first-order valence-corrected chi connectivity index (χ1v) is 10.7. The average molecular weight is 430 g/mol. The zero-order valence-electron chi connectivity index (χ0n) is 16.8. The zero-order valence-corrected chi connectivity index (χ0v) is 17.6. The fraction of sp³-hybridized carbons (Fsp3) is 0.250. The van der Waals surface area contributed by atoms with Gasteiger partial charge in [0.15, 0.2) is 0 Å². The lowest BCUT2D eigenvalue weighted by molar-refractivity contribution is 0.102. The number of nitrogens with one attached hydrogen (secondary N) is 1. The third-order valence-electron chi connectivity index (χ3n) is 4.44. The molecule has 158 valence electrons. The van der Waals surface area contributed by atoms with Crippen LogP contribution in [-0.4, -0.2) is 49.0 Å². The molecule has 10 heteroatoms. The second kappa shape index (κ2) is 9.06. The number of hydrogen-bond acceptors (Lipinski definition) is 7. The molecule has 0 atom stereocenters. The Balaban J connectivity index is 1.75. The van der Waals surface area contributed by atoms with Crippen molar-refractivity contribution < 1.29 is 22.4 Å². The molecule has 0 radical (unpaired) electrons. The van der Waals surface area contributed by atoms with Gasteiger partial charge in [0.2, 0.25) is 10.0 Å². The Kier molecular flexibility index (Phi) is 6.48. The standard InChI is InChI=1S/C20H22N4O5S/c1-4-24(5-2)30(26,27)15-12-10-14(11-13-15)18(25)21-20-23-22-19(29-20)16-8-6-7-9-17(16)28-3/h6-13H,4-5H2,1-3H3,(H,21,23,25). The van der Waals surface area contributed by atoms with Crippen LogP contribution in [-0.2, 0) is 10.0 Å². The molecule has 9 nitrogen and oxygen atoms in total. The van der Waals surface area contributed by atoms with Gasteiger partial charge in [-0.05, 0) is 36.4 Å². The number of methoxy groups -OCH3 is 1. The molecule has 1 aromatic heterocycles. The van der Waals surface area contributed by atoms with Crippen molar-refractivity contribution in [1.29, 1.82) is 0 Å². The van der Waals surface area contributed by atoms with Crippen LogP contribution >= 0.6 is 0 Å². The highest BCUT2D eigenvalue weighted by molar-refractivity contribution is 7.89. The number of rotatable bonds is 8. The Labute approximate surface area is 174 Å². The number of ether oxygens (including phenoxy) is 1. The topological polar surface area (TPSA) is 115 Å². The molecule has 0 fully saturated rings. The monoisotopic (exact) mass is 430 g/mol. The number of carbonyl (C=O) groups excluding carboxylic acids is 1. The minimum atomic E-state index is -3.59. The highest BCUT2D eigenvalue weighted by Crippen LogP contribution is 2.29. The summed E-state index contributed by atoms with van der Waals surface area (Å²) < 4.78 is 37.2. The molecule has 3 aromatic rings. The molecule has 0 saturated carbocycles. The van der Waals surface area contributed by atoms with E-state index in [-0.39, 0.29) is 22.4 Å². The van der Waals surface area contributed by atoms with E-state index in [1.165, 1.54) is 35.7 Å². The lowest BCUT2D eigenvalue weighted by Gasteiger charge is -2.18. The number of sulfonamides is 1. The molecule has 0 spiro atoms. The van der Waals surface area contributed by atoms with E-state index in [0.29, 0.717) is 24.4 Å². The maximum atomic E-state index is 12.5. The maximum absolute atomic E-state index is 12.5. The lowest BCUT2D eigenvalue weighted by Crippen LogP contribution is -2.30. The molecule has 1 N–H and O–H groups in total. The first-order valence-electron chi connectivity index (χ1n) is 9.29. The van der Waals surface area contributed by atoms with Gasteiger partial charge in [-0.3, -0.25) is 10.1 Å². The molecule has 1 amide bonds. The van der Waals surface area contributed by atoms with Gasteiger partial charge in [-0.15, -0.1) is 5.10 Å². The Morgan fingerprint density at radius 1 is 1.07 bits per heavy atom. The summed E-state index contributed by atoms with van der Waals surface area (Å²) in [6.45, 7) is 4.28. The van der Waals surface area contributed by atoms with Gasteiger partial charge in [0.05, 0.1) is 17.6 Å². The van der Waals surface area contributed by atoms with E-state index >= 15 is 0 Å². The van der Waals surface area contributed by atoms with Crippen LogP contribution in [0.1, 0.15) is 24.2 Å². The summed E-state index contributed by atoms with van der Waals surface area (Å²) in [5, 5.41) is 10.3. The first kappa shape index (κ1) is 21.5. The van der Waals surface area contributed by atoms with Crippen molar-refractivity contribution in [1.82, 2.24) is 14.5 Å². The normalized spacial score (nSPS) is 11.5. The van der Waals surface area contributed by atoms with Crippen molar-refractivity contribution in [2.45, 2.75) is 18.7 Å². The number of anilines is 1. The Bertz CT molecular complexity index is 1120. The van der Waals surface area contributed by atoms with Crippen molar-refractivity contribution in [2.24, 2.45) is 0 Å². The van der Waals surface area contributed by atoms with E-state index < -0.39 is 15.9 Å². The Morgan fingerprint density at radius 3 is 2.37 bits per heavy atom. The smallest absolute Gasteiger partial charge is 0.322 e. The van der Waals surface area contributed by atoms with E-state index in [2.05, 4.69) is 15.5 Å². The molecule has 0 unspecified atom stereocenters. The number of nitrogens with zero attached hydrogens (tertiary/aromatic N) is 3. The summed E-state index contributed by atoms with van der Waals surface area (Å²) in [5.41, 5.74) is 0.851. The molecular weight excluding hydrogens is 408 g/mol. The van der Waals surface area contributed by atoms with Gasteiger partial charge >= 0.3 is 6.01 Å². The molecule has 0 bridgehead atoms. The van der Waals surface area contributed by atoms with Crippen LogP contribution in [0, 0.1) is 0 Å². The average Bonchev–Trinajstić information content (AvgIpc) is 3.22. The number of carbonyl (C=O) groups is 1. The van der Waals surface area contributed by atoms with Crippen LogP contribution in [0.25, 0.3) is 11.5 Å². The van der Waals surface area contributed by atoms with E-state index in [0.717, 1.165) is 0 Å². The molecule has 0 aliphatic carbocycles. The number of benzene rings is 2. The third kappa shape index (κ3) is 4.34. The van der Waals surface area contributed by atoms with Crippen molar-refractivity contribution in [3.05, 3.63) is 54.1 Å². The van der Waals surface area contributed by atoms with Gasteiger partial charge in [-0.2, -0.15) is 4.31 Å². The summed E-state index contributed by atoms with van der Waals surface area (Å²) >= 11 is 0. The summed E-state index contributed by atoms with van der Waals surface area (Å²) in [5.74, 6) is 0.254. The molecule has 3 rings (SSSR count). The van der Waals surface area contributed by atoms with Crippen molar-refractivity contribution in [3.8, 4) is 17.2 Å². The molecule has 30 heavy (non-hydrogen) atoms. The van der Waals surface area contributed by atoms with Gasteiger partial charge in [-0.1, -0.05) is 31.1 Å². The molecule has 2 aromatic carbocycles. The number of para-hydroxylation sites is 1. The highest BCUT2D eigenvalue weighted by atomic mass is 32.2. The van der Waals surface area contributed by atoms with Crippen molar-refractivity contribution in [3.63, 3.8) is 0 Å². The van der Waals surface area contributed by atoms with Crippen LogP contribution in [0.5, 0.6) is 5.75 Å². The fourth-order valence-electron chi connectivity index (χ4n) is 2.86. The lowest BCUT2D eigenvalue weighted by atomic mass is 10.2. The zero-order chi connectivity index (χ0) is 21.7. The van der Waals surface area contributed by atoms with Crippen LogP contribution in [0.4, 0.5) is 6.01 Å². The van der Waals surface area contributed by atoms with E-state index in [1.807, 2.05) is 6.07 Å². The number of aromatic nitrogens is 2. The summed E-state index contributed by atoms with van der Waals surface area (Å²) in [6.07, 6.45) is 0. The van der Waals surface area contributed by atoms with Crippen molar-refractivity contribution in [2.75, 3.05) is 25.5 Å². The van der Waals surface area contributed by atoms with Crippen molar-refractivity contribution >= 4 is 21.9 Å². The van der Waals surface area contributed by atoms with E-state index in [4.69, 9.17) is 9.15 Å². The SMILES string of the molecule is CCN(CC)S(=O)(=O)c1ccc(C(=O)Nc2nnc(-c3ccccc3OC)o2)cc1. The minimum absolute atomic E-state index is 0.0826. The fourth-order valence-corrected chi connectivity index (χ4v) is 4.32. The van der Waals surface area contributed by atoms with E-state index in [1.54, 1.807) is 32.0 Å². The third-order valence-corrected chi connectivity index (χ3v) is 6.51. The molecule has 0 aliphatic rings. The predicted octanol–water partition coefficient (Wildman–Crippen LogP) is 3.03. The number of hydrogen-bond donors (Lipinski definition) is 1. The van der Waals surface area contributed by atoms with E-state index in [9.17, 15) is 13.2 Å². The minimum Gasteiger partial charge on any atom is -0.496 e. The second-order valence-electron chi connectivity index (χ2n) is 6.18. The summed E-state index contributed by atoms with van der Waals surface area (Å²) in [7, 11) is -2.06. The summed E-state index contributed by atoms with van der Waals surface area (Å²) in [6, 6.07) is 12.7. The predicted molar refractivity (Wildman–Crippen MR) is 111 cm³/mol.